The van der Waals surface area contributed by atoms with E-state index in [9.17, 15) is 9.59 Å². The van der Waals surface area contributed by atoms with E-state index in [1.165, 1.54) is 7.11 Å². The van der Waals surface area contributed by atoms with E-state index >= 15 is 0 Å². The van der Waals surface area contributed by atoms with Crippen LogP contribution in [0.15, 0.2) is 95.8 Å². The second-order valence-corrected chi connectivity index (χ2v) is 9.54. The monoisotopic (exact) mass is 494 g/mol. The predicted molar refractivity (Wildman–Crippen MR) is 141 cm³/mol. The molecule has 0 spiro atoms. The van der Waals surface area contributed by atoms with E-state index in [0.29, 0.717) is 34.0 Å². The smallest absolute Gasteiger partial charge is 0.336 e. The van der Waals surface area contributed by atoms with Crippen LogP contribution in [0.3, 0.4) is 0 Å². The maximum Gasteiger partial charge on any atom is 0.336 e. The van der Waals surface area contributed by atoms with Gasteiger partial charge in [0.15, 0.2) is 5.78 Å². The van der Waals surface area contributed by atoms with E-state index in [4.69, 9.17) is 16.3 Å². The van der Waals surface area contributed by atoms with Crippen molar-refractivity contribution >= 4 is 40.0 Å². The van der Waals surface area contributed by atoms with E-state index < -0.39 is 11.9 Å². The topological polar surface area (TPSA) is 60.3 Å². The molecule has 0 saturated carbocycles. The van der Waals surface area contributed by atoms with Crippen LogP contribution in [0.4, 0.5) is 0 Å². The van der Waals surface area contributed by atoms with Crippen LogP contribution in [0.25, 0.3) is 16.6 Å². The normalized spacial score (nSPS) is 16.8. The van der Waals surface area contributed by atoms with Gasteiger partial charge in [-0.3, -0.25) is 4.79 Å². The third kappa shape index (κ3) is 3.39. The summed E-state index contributed by atoms with van der Waals surface area (Å²) >= 11 is 6.09. The van der Waals surface area contributed by atoms with Crippen molar-refractivity contribution in [1.29, 1.82) is 0 Å². The van der Waals surface area contributed by atoms with Gasteiger partial charge in [-0.25, -0.2) is 4.79 Å². The SMILES string of the molecule is COC(=O)C1=C(C)NC2=C(C(=O)c3ccccc32)[C@H]1c1cn(Cc2ccc(Cl)cc2)c2ccccc12. The Hall–Kier alpha value is -4.09. The van der Waals surface area contributed by atoms with Crippen LogP contribution >= 0.6 is 11.6 Å². The van der Waals surface area contributed by atoms with Crippen molar-refractivity contribution in [3.05, 3.63) is 123 Å². The largest absolute Gasteiger partial charge is 0.466 e. The second-order valence-electron chi connectivity index (χ2n) is 9.11. The predicted octanol–water partition coefficient (Wildman–Crippen LogP) is 6.08. The van der Waals surface area contributed by atoms with Crippen LogP contribution in [0.2, 0.25) is 5.02 Å². The molecular weight excluding hydrogens is 472 g/mol. The van der Waals surface area contributed by atoms with Crippen molar-refractivity contribution in [3.8, 4) is 0 Å². The number of benzene rings is 3. The van der Waals surface area contributed by atoms with Crippen molar-refractivity contribution in [2.24, 2.45) is 0 Å². The third-order valence-electron chi connectivity index (χ3n) is 7.05. The number of hydrogen-bond acceptors (Lipinski definition) is 4. The van der Waals surface area contributed by atoms with Crippen LogP contribution in [0.5, 0.6) is 0 Å². The summed E-state index contributed by atoms with van der Waals surface area (Å²) in [5.74, 6) is -1.08. The second kappa shape index (κ2) is 8.54. The van der Waals surface area contributed by atoms with Gasteiger partial charge in [0.1, 0.15) is 0 Å². The van der Waals surface area contributed by atoms with Gasteiger partial charge in [0.25, 0.3) is 0 Å². The maximum absolute atomic E-state index is 13.8. The summed E-state index contributed by atoms with van der Waals surface area (Å²) < 4.78 is 7.37. The van der Waals surface area contributed by atoms with Gasteiger partial charge in [0, 0.05) is 51.1 Å². The molecule has 0 amide bonds. The number of hydrogen-bond donors (Lipinski definition) is 1. The Morgan fingerprint density at radius 2 is 1.69 bits per heavy atom. The summed E-state index contributed by atoms with van der Waals surface area (Å²) in [6.45, 7) is 2.49. The fourth-order valence-corrected chi connectivity index (χ4v) is 5.57. The van der Waals surface area contributed by atoms with Crippen molar-refractivity contribution in [2.75, 3.05) is 7.11 Å². The zero-order chi connectivity index (χ0) is 25.0. The summed E-state index contributed by atoms with van der Waals surface area (Å²) in [6.07, 6.45) is 2.06. The minimum Gasteiger partial charge on any atom is -0.466 e. The molecule has 0 unspecified atom stereocenters. The molecule has 0 bridgehead atoms. The number of carbonyl (C=O) groups excluding carboxylic acids is 2. The van der Waals surface area contributed by atoms with Gasteiger partial charge < -0.3 is 14.6 Å². The highest BCUT2D eigenvalue weighted by atomic mass is 35.5. The van der Waals surface area contributed by atoms with Crippen molar-refractivity contribution in [1.82, 2.24) is 9.88 Å². The lowest BCUT2D eigenvalue weighted by atomic mass is 9.79. The number of esters is 1. The lowest BCUT2D eigenvalue weighted by Crippen LogP contribution is -2.29. The number of Topliss-reactive ketones (excluding diaryl/α,β-unsaturated/α-hetero) is 1. The number of ketones is 1. The van der Waals surface area contributed by atoms with E-state index in [-0.39, 0.29) is 5.78 Å². The number of para-hydroxylation sites is 1. The molecule has 0 fully saturated rings. The van der Waals surface area contributed by atoms with Gasteiger partial charge in [-0.1, -0.05) is 66.2 Å². The van der Waals surface area contributed by atoms with Crippen LogP contribution in [0, 0.1) is 0 Å². The van der Waals surface area contributed by atoms with Crippen LogP contribution in [-0.2, 0) is 16.1 Å². The van der Waals surface area contributed by atoms with Crippen molar-refractivity contribution in [2.45, 2.75) is 19.4 Å². The number of halogens is 1. The first-order valence-electron chi connectivity index (χ1n) is 11.7. The number of fused-ring (bicyclic) bond motifs is 3. The van der Waals surface area contributed by atoms with Gasteiger partial charge >= 0.3 is 5.97 Å². The summed E-state index contributed by atoms with van der Waals surface area (Å²) in [5.41, 5.74) is 7.00. The first-order valence-corrected chi connectivity index (χ1v) is 12.1. The Morgan fingerprint density at radius 1 is 1.00 bits per heavy atom. The van der Waals surface area contributed by atoms with Gasteiger partial charge in [-0.2, -0.15) is 0 Å². The molecule has 1 aromatic heterocycles. The lowest BCUT2D eigenvalue weighted by Gasteiger charge is -2.28. The molecular formula is C30H23ClN2O3. The minimum atomic E-state index is -0.565. The van der Waals surface area contributed by atoms with Crippen LogP contribution < -0.4 is 5.32 Å². The Morgan fingerprint density at radius 3 is 2.44 bits per heavy atom. The number of dihydropyridines is 1. The number of nitrogens with zero attached hydrogens (tertiary/aromatic N) is 1. The van der Waals surface area contributed by atoms with E-state index in [0.717, 1.165) is 33.3 Å². The average Bonchev–Trinajstić information content (AvgIpc) is 3.39. The van der Waals surface area contributed by atoms with Gasteiger partial charge in [-0.15, -0.1) is 0 Å². The van der Waals surface area contributed by atoms with Crippen molar-refractivity contribution < 1.29 is 14.3 Å². The number of rotatable bonds is 4. The molecule has 4 aromatic rings. The van der Waals surface area contributed by atoms with Crippen LogP contribution in [-0.4, -0.2) is 23.4 Å². The minimum absolute atomic E-state index is 0.0680. The molecule has 178 valence electrons. The molecule has 36 heavy (non-hydrogen) atoms. The molecule has 2 aliphatic rings. The molecule has 0 saturated heterocycles. The molecule has 0 radical (unpaired) electrons. The quantitative estimate of drug-likeness (QED) is 0.349. The zero-order valence-corrected chi connectivity index (χ0v) is 20.6. The standard InChI is InChI=1S/C30H23ClN2O3/c1-17-25(30(35)36-2)26(27-28(32-17)21-8-3-4-9-22(21)29(27)34)23-16-33(24-10-6-5-7-20(23)24)15-18-11-13-19(31)14-12-18/h3-14,16,26,32H,15H2,1-2H3/t26-/m0/s1. The summed E-state index contributed by atoms with van der Waals surface area (Å²) in [7, 11) is 1.37. The number of methoxy groups -OCH3 is 1. The molecule has 6 rings (SSSR count). The molecule has 5 nitrogen and oxygen atoms in total. The number of allylic oxidation sites excluding steroid dienone is 2. The first-order chi connectivity index (χ1) is 17.5. The Labute approximate surface area is 213 Å². The highest BCUT2D eigenvalue weighted by Crippen LogP contribution is 2.48. The highest BCUT2D eigenvalue weighted by molar-refractivity contribution is 6.30. The molecule has 6 heteroatoms. The number of carbonyl (C=O) groups is 2. The molecule has 1 N–H and O–H groups in total. The van der Waals surface area contributed by atoms with E-state index in [2.05, 4.69) is 22.1 Å². The van der Waals surface area contributed by atoms with E-state index in [1.807, 2.05) is 73.7 Å². The van der Waals surface area contributed by atoms with Gasteiger partial charge in [-0.05, 0) is 36.2 Å². The summed E-state index contributed by atoms with van der Waals surface area (Å²) in [6, 6.07) is 23.4. The van der Waals surface area contributed by atoms with Crippen molar-refractivity contribution in [3.63, 3.8) is 0 Å². The first kappa shape index (κ1) is 22.4. The third-order valence-corrected chi connectivity index (χ3v) is 7.30. The van der Waals surface area contributed by atoms with Gasteiger partial charge in [0.05, 0.1) is 24.3 Å². The highest BCUT2D eigenvalue weighted by Gasteiger charge is 2.43. The Balaban J connectivity index is 1.57. The molecule has 1 aliphatic carbocycles. The Bertz CT molecular complexity index is 1630. The molecule has 3 aromatic carbocycles. The van der Waals surface area contributed by atoms with E-state index in [1.54, 1.807) is 0 Å². The van der Waals surface area contributed by atoms with Gasteiger partial charge in [0.2, 0.25) is 0 Å². The summed E-state index contributed by atoms with van der Waals surface area (Å²) in [5, 5.41) is 5.03. The number of nitrogens with one attached hydrogen (secondary N) is 1. The maximum atomic E-state index is 13.8. The fraction of sp³-hybridized carbons (Fsp3) is 0.133. The number of aromatic nitrogens is 1. The Kier molecular flexibility index (Phi) is 5.31. The zero-order valence-electron chi connectivity index (χ0n) is 19.8. The fourth-order valence-electron chi connectivity index (χ4n) is 5.44. The molecule has 1 aliphatic heterocycles. The summed E-state index contributed by atoms with van der Waals surface area (Å²) in [4.78, 5) is 26.9. The van der Waals surface area contributed by atoms with Crippen LogP contribution in [0.1, 0.15) is 39.9 Å². The lowest BCUT2D eigenvalue weighted by molar-refractivity contribution is -0.136. The average molecular weight is 495 g/mol. The molecule has 1 atom stereocenters. The molecule has 2 heterocycles. The number of ether oxygens (including phenoxy) is 1.